The lowest BCUT2D eigenvalue weighted by molar-refractivity contribution is -0.385. The van der Waals surface area contributed by atoms with Gasteiger partial charge in [0.05, 0.1) is 21.2 Å². The van der Waals surface area contributed by atoms with Crippen molar-refractivity contribution in [1.82, 2.24) is 0 Å². The molecule has 0 saturated heterocycles. The zero-order chi connectivity index (χ0) is 14.8. The first kappa shape index (κ1) is 13.8. The van der Waals surface area contributed by atoms with Crippen molar-refractivity contribution in [1.29, 1.82) is 0 Å². The number of nitrogens with zero attached hydrogens (tertiary/aromatic N) is 1. The molecule has 0 aliphatic carbocycles. The largest absolute Gasteiger partial charge is 0.397 e. The van der Waals surface area contributed by atoms with Crippen molar-refractivity contribution in [3.05, 3.63) is 58.6 Å². The number of nitrogens with two attached hydrogens (primary N) is 1. The Hall–Kier alpha value is -2.61. The summed E-state index contributed by atoms with van der Waals surface area (Å²) >= 11 is 0. The molecule has 0 aliphatic rings. The van der Waals surface area contributed by atoms with E-state index in [1.165, 1.54) is 24.3 Å². The van der Waals surface area contributed by atoms with Gasteiger partial charge in [0.25, 0.3) is 15.7 Å². The van der Waals surface area contributed by atoms with E-state index in [-0.39, 0.29) is 22.0 Å². The van der Waals surface area contributed by atoms with Gasteiger partial charge in [0.15, 0.2) is 0 Å². The topological polar surface area (TPSA) is 115 Å². The summed E-state index contributed by atoms with van der Waals surface area (Å²) in [5, 5.41) is 10.7. The number of nitro groups is 1. The summed E-state index contributed by atoms with van der Waals surface area (Å²) in [5.74, 6) is 0. The molecule has 104 valence electrons. The highest BCUT2D eigenvalue weighted by Crippen LogP contribution is 2.23. The van der Waals surface area contributed by atoms with Crippen LogP contribution in [0.3, 0.4) is 0 Å². The first-order chi connectivity index (χ1) is 9.40. The zero-order valence-corrected chi connectivity index (χ0v) is 11.0. The van der Waals surface area contributed by atoms with Crippen molar-refractivity contribution in [3.8, 4) is 0 Å². The fourth-order valence-electron chi connectivity index (χ4n) is 1.56. The predicted molar refractivity (Wildman–Crippen MR) is 74.8 cm³/mol. The lowest BCUT2D eigenvalue weighted by Crippen LogP contribution is -2.14. The Balaban J connectivity index is 2.38. The first-order valence-electron chi connectivity index (χ1n) is 5.52. The van der Waals surface area contributed by atoms with E-state index in [0.717, 1.165) is 6.07 Å². The van der Waals surface area contributed by atoms with E-state index in [4.69, 9.17) is 5.73 Å². The van der Waals surface area contributed by atoms with Gasteiger partial charge in [-0.15, -0.1) is 0 Å². The molecule has 0 spiro atoms. The summed E-state index contributed by atoms with van der Waals surface area (Å²) in [7, 11) is -3.93. The molecule has 0 bridgehead atoms. The van der Waals surface area contributed by atoms with E-state index < -0.39 is 14.9 Å². The molecule has 0 fully saturated rings. The Morgan fingerprint density at radius 1 is 1.10 bits per heavy atom. The van der Waals surface area contributed by atoms with E-state index in [2.05, 4.69) is 4.72 Å². The molecule has 0 amide bonds. The van der Waals surface area contributed by atoms with Crippen molar-refractivity contribution >= 4 is 27.1 Å². The zero-order valence-electron chi connectivity index (χ0n) is 10.2. The minimum Gasteiger partial charge on any atom is -0.397 e. The van der Waals surface area contributed by atoms with Crippen LogP contribution in [0.1, 0.15) is 0 Å². The lowest BCUT2D eigenvalue weighted by atomic mass is 10.3. The van der Waals surface area contributed by atoms with Gasteiger partial charge in [0.1, 0.15) is 0 Å². The van der Waals surface area contributed by atoms with Gasteiger partial charge in [-0.1, -0.05) is 18.2 Å². The van der Waals surface area contributed by atoms with Crippen molar-refractivity contribution in [3.63, 3.8) is 0 Å². The summed E-state index contributed by atoms with van der Waals surface area (Å²) in [6, 6.07) is 11.1. The smallest absolute Gasteiger partial charge is 0.270 e. The van der Waals surface area contributed by atoms with Crippen molar-refractivity contribution in [2.45, 2.75) is 4.90 Å². The highest BCUT2D eigenvalue weighted by Gasteiger charge is 2.18. The van der Waals surface area contributed by atoms with Crippen LogP contribution < -0.4 is 10.5 Å². The third-order valence-corrected chi connectivity index (χ3v) is 3.91. The molecule has 20 heavy (non-hydrogen) atoms. The van der Waals surface area contributed by atoms with E-state index in [1.54, 1.807) is 18.2 Å². The van der Waals surface area contributed by atoms with Gasteiger partial charge in [0.2, 0.25) is 0 Å². The molecule has 0 heterocycles. The molecule has 3 N–H and O–H groups in total. The van der Waals surface area contributed by atoms with Gasteiger partial charge in [-0.05, 0) is 18.2 Å². The molecular weight excluding hydrogens is 282 g/mol. The number of benzene rings is 2. The molecule has 0 aliphatic heterocycles. The average molecular weight is 293 g/mol. The highest BCUT2D eigenvalue weighted by molar-refractivity contribution is 7.92. The monoisotopic (exact) mass is 293 g/mol. The van der Waals surface area contributed by atoms with Crippen LogP contribution in [0, 0.1) is 10.1 Å². The van der Waals surface area contributed by atoms with Crippen LogP contribution in [-0.4, -0.2) is 13.3 Å². The standard InChI is InChI=1S/C12H11N3O4S/c13-11-6-1-2-7-12(11)14-20(18,19)10-5-3-4-9(8-10)15(16)17/h1-8,14H,13H2. The van der Waals surface area contributed by atoms with Gasteiger partial charge in [-0.2, -0.15) is 0 Å². The van der Waals surface area contributed by atoms with Crippen LogP contribution in [-0.2, 0) is 10.0 Å². The number of anilines is 2. The summed E-state index contributed by atoms with van der Waals surface area (Å²) in [4.78, 5) is 9.81. The Kier molecular flexibility index (Phi) is 3.57. The Morgan fingerprint density at radius 2 is 1.80 bits per heavy atom. The number of nitro benzene ring substituents is 1. The maximum atomic E-state index is 12.1. The molecule has 0 radical (unpaired) electrons. The average Bonchev–Trinajstić information content (AvgIpc) is 2.41. The third-order valence-electron chi connectivity index (χ3n) is 2.54. The van der Waals surface area contributed by atoms with Crippen LogP contribution in [0.5, 0.6) is 0 Å². The summed E-state index contributed by atoms with van der Waals surface area (Å²) < 4.78 is 26.6. The molecule has 2 aromatic carbocycles. The number of para-hydroxylation sites is 2. The lowest BCUT2D eigenvalue weighted by Gasteiger charge is -2.09. The van der Waals surface area contributed by atoms with Gasteiger partial charge in [-0.25, -0.2) is 8.42 Å². The fourth-order valence-corrected chi connectivity index (χ4v) is 2.68. The van der Waals surface area contributed by atoms with Crippen molar-refractivity contribution in [2.24, 2.45) is 0 Å². The molecule has 0 atom stereocenters. The predicted octanol–water partition coefficient (Wildman–Crippen LogP) is 1.98. The van der Waals surface area contributed by atoms with Gasteiger partial charge in [0, 0.05) is 12.1 Å². The summed E-state index contributed by atoms with van der Waals surface area (Å²) in [6.07, 6.45) is 0. The first-order valence-corrected chi connectivity index (χ1v) is 7.00. The quantitative estimate of drug-likeness (QED) is 0.508. The van der Waals surface area contributed by atoms with Crippen LogP contribution in [0.15, 0.2) is 53.4 Å². The van der Waals surface area contributed by atoms with Crippen LogP contribution >= 0.6 is 0 Å². The van der Waals surface area contributed by atoms with Crippen LogP contribution in [0.2, 0.25) is 0 Å². The van der Waals surface area contributed by atoms with E-state index >= 15 is 0 Å². The van der Waals surface area contributed by atoms with Gasteiger partial charge < -0.3 is 5.73 Å². The maximum Gasteiger partial charge on any atom is 0.270 e. The molecule has 7 nitrogen and oxygen atoms in total. The Labute approximate surface area is 115 Å². The van der Waals surface area contributed by atoms with E-state index in [0.29, 0.717) is 0 Å². The van der Waals surface area contributed by atoms with Crippen LogP contribution in [0.4, 0.5) is 17.1 Å². The maximum absolute atomic E-state index is 12.1. The highest BCUT2D eigenvalue weighted by atomic mass is 32.2. The molecule has 0 unspecified atom stereocenters. The summed E-state index contributed by atoms with van der Waals surface area (Å²) in [6.45, 7) is 0. The van der Waals surface area contributed by atoms with E-state index in [1.807, 2.05) is 0 Å². The Morgan fingerprint density at radius 3 is 2.45 bits per heavy atom. The molecule has 0 saturated carbocycles. The van der Waals surface area contributed by atoms with Gasteiger partial charge >= 0.3 is 0 Å². The van der Waals surface area contributed by atoms with E-state index in [9.17, 15) is 18.5 Å². The summed E-state index contributed by atoms with van der Waals surface area (Å²) in [5.41, 5.74) is 5.84. The minimum atomic E-state index is -3.93. The normalized spacial score (nSPS) is 11.0. The second-order valence-electron chi connectivity index (χ2n) is 3.95. The number of nitrogen functional groups attached to an aromatic ring is 1. The third kappa shape index (κ3) is 2.86. The van der Waals surface area contributed by atoms with Crippen molar-refractivity contribution in [2.75, 3.05) is 10.5 Å². The number of rotatable bonds is 4. The second-order valence-corrected chi connectivity index (χ2v) is 5.63. The number of sulfonamides is 1. The molecule has 2 aromatic rings. The van der Waals surface area contributed by atoms with Gasteiger partial charge in [-0.3, -0.25) is 14.8 Å². The number of non-ortho nitro benzene ring substituents is 1. The minimum absolute atomic E-state index is 0.199. The SMILES string of the molecule is Nc1ccccc1NS(=O)(=O)c1cccc([N+](=O)[O-])c1. The van der Waals surface area contributed by atoms with Crippen LogP contribution in [0.25, 0.3) is 0 Å². The molecule has 8 heteroatoms. The van der Waals surface area contributed by atoms with Crippen molar-refractivity contribution < 1.29 is 13.3 Å². The Bertz CT molecular complexity index is 759. The molecular formula is C12H11N3O4S. The number of hydrogen-bond donors (Lipinski definition) is 2. The number of hydrogen-bond acceptors (Lipinski definition) is 5. The second kappa shape index (κ2) is 5.17. The fraction of sp³-hybridized carbons (Fsp3) is 0. The molecule has 0 aromatic heterocycles. The molecule has 2 rings (SSSR count). The number of nitrogens with one attached hydrogen (secondary N) is 1.